The Morgan fingerprint density at radius 3 is 2.81 bits per heavy atom. The first-order chi connectivity index (χ1) is 20.7. The molecule has 0 spiro atoms. The SMILES string of the molecule is CC1=CC(NNc2cnc3ccnn3c2C2CCCC2)=CNC1c1noc(CCOCCOC(=O)c2ccccc2)n1. The maximum absolute atomic E-state index is 12.0. The van der Waals surface area contributed by atoms with Crippen molar-refractivity contribution < 1.29 is 18.8 Å². The van der Waals surface area contributed by atoms with Crippen LogP contribution in [0.1, 0.15) is 72.3 Å². The molecule has 42 heavy (non-hydrogen) atoms. The summed E-state index contributed by atoms with van der Waals surface area (Å²) in [6.45, 7) is 2.85. The standard InChI is InChI=1S/C30H34N8O4/c1-20-17-23(35-36-24-19-31-25-11-13-33-38(25)28(24)21-7-5-6-8-21)18-32-27(20)29-34-26(42-37-29)12-14-40-15-16-41-30(39)22-9-3-2-4-10-22/h2-4,9-11,13,17-19,21,27,32,35-36H,5-8,12,14-16H2,1H3. The number of nitrogens with one attached hydrogen (secondary N) is 3. The van der Waals surface area contributed by atoms with Crippen LogP contribution in [-0.4, -0.2) is 50.5 Å². The molecule has 0 amide bonds. The number of nitrogens with zero attached hydrogens (tertiary/aromatic N) is 5. The number of carbonyl (C=O) groups excluding carboxylic acids is 1. The summed E-state index contributed by atoms with van der Waals surface area (Å²) >= 11 is 0. The van der Waals surface area contributed by atoms with E-state index in [0.29, 0.717) is 36.2 Å². The molecule has 1 aliphatic carbocycles. The number of rotatable bonds is 12. The van der Waals surface area contributed by atoms with Crippen LogP contribution in [0.5, 0.6) is 0 Å². The molecule has 1 fully saturated rings. The van der Waals surface area contributed by atoms with Crippen LogP contribution in [-0.2, 0) is 15.9 Å². The number of dihydropyridines is 1. The van der Waals surface area contributed by atoms with Gasteiger partial charge in [0.1, 0.15) is 12.6 Å². The van der Waals surface area contributed by atoms with Crippen molar-refractivity contribution in [1.29, 1.82) is 0 Å². The summed E-state index contributed by atoms with van der Waals surface area (Å²) in [5.74, 6) is 1.12. The lowest BCUT2D eigenvalue weighted by molar-refractivity contribution is 0.0315. The first-order valence-electron chi connectivity index (χ1n) is 14.3. The number of aromatic nitrogens is 5. The first kappa shape index (κ1) is 27.5. The predicted molar refractivity (Wildman–Crippen MR) is 154 cm³/mol. The lowest BCUT2D eigenvalue weighted by atomic mass is 10.0. The summed E-state index contributed by atoms with van der Waals surface area (Å²) in [5.41, 5.74) is 12.0. The Labute approximate surface area is 243 Å². The van der Waals surface area contributed by atoms with Gasteiger partial charge in [-0.05, 0) is 43.5 Å². The second-order valence-corrected chi connectivity index (χ2v) is 10.4. The van der Waals surface area contributed by atoms with Gasteiger partial charge in [0.25, 0.3) is 0 Å². The normalized spacial score (nSPS) is 17.0. The van der Waals surface area contributed by atoms with E-state index in [-0.39, 0.29) is 25.2 Å². The molecule has 0 saturated heterocycles. The fourth-order valence-corrected chi connectivity index (χ4v) is 5.34. The van der Waals surface area contributed by atoms with E-state index in [1.165, 1.54) is 12.8 Å². The molecule has 1 aliphatic heterocycles. The zero-order valence-electron chi connectivity index (χ0n) is 23.5. The van der Waals surface area contributed by atoms with E-state index >= 15 is 0 Å². The van der Waals surface area contributed by atoms with Crippen LogP contribution in [0.25, 0.3) is 5.65 Å². The lowest BCUT2D eigenvalue weighted by Crippen LogP contribution is -2.29. The quantitative estimate of drug-likeness (QED) is 0.128. The summed E-state index contributed by atoms with van der Waals surface area (Å²) in [7, 11) is 0. The van der Waals surface area contributed by atoms with E-state index < -0.39 is 0 Å². The van der Waals surface area contributed by atoms with Gasteiger partial charge in [-0.1, -0.05) is 36.2 Å². The molecular weight excluding hydrogens is 536 g/mol. The summed E-state index contributed by atoms with van der Waals surface area (Å²) in [5, 5.41) is 12.0. The van der Waals surface area contributed by atoms with Crippen molar-refractivity contribution in [3.8, 4) is 0 Å². The minimum atomic E-state index is -0.367. The Hall–Kier alpha value is -4.71. The van der Waals surface area contributed by atoms with Gasteiger partial charge in [-0.25, -0.2) is 14.3 Å². The second-order valence-electron chi connectivity index (χ2n) is 10.4. The van der Waals surface area contributed by atoms with Crippen molar-refractivity contribution >= 4 is 17.3 Å². The minimum Gasteiger partial charge on any atom is -0.460 e. The number of benzene rings is 1. The molecule has 3 aromatic heterocycles. The predicted octanol–water partition coefficient (Wildman–Crippen LogP) is 4.23. The van der Waals surface area contributed by atoms with Crippen LogP contribution in [0.3, 0.4) is 0 Å². The molecule has 12 heteroatoms. The number of fused-ring (bicyclic) bond motifs is 1. The molecule has 0 radical (unpaired) electrons. The van der Waals surface area contributed by atoms with Crippen LogP contribution in [0.15, 0.2) is 76.9 Å². The largest absolute Gasteiger partial charge is 0.460 e. The van der Waals surface area contributed by atoms with E-state index in [9.17, 15) is 4.79 Å². The van der Waals surface area contributed by atoms with Gasteiger partial charge in [-0.2, -0.15) is 10.1 Å². The molecule has 218 valence electrons. The molecule has 0 bridgehead atoms. The zero-order chi connectivity index (χ0) is 28.7. The smallest absolute Gasteiger partial charge is 0.338 e. The number of ether oxygens (including phenoxy) is 2. The third-order valence-corrected chi connectivity index (χ3v) is 7.45. The molecule has 6 rings (SSSR count). The number of allylic oxidation sites excluding steroid dienone is 1. The van der Waals surface area contributed by atoms with Crippen molar-refractivity contribution in [3.63, 3.8) is 0 Å². The second kappa shape index (κ2) is 12.9. The van der Waals surface area contributed by atoms with Crippen molar-refractivity contribution in [3.05, 3.63) is 95.3 Å². The van der Waals surface area contributed by atoms with Gasteiger partial charge in [-0.3, -0.25) is 10.9 Å². The highest BCUT2D eigenvalue weighted by atomic mass is 16.6. The van der Waals surface area contributed by atoms with E-state index in [1.54, 1.807) is 30.5 Å². The number of esters is 1. The van der Waals surface area contributed by atoms with Gasteiger partial charge in [0, 0.05) is 18.2 Å². The number of anilines is 1. The van der Waals surface area contributed by atoms with Crippen molar-refractivity contribution in [1.82, 2.24) is 35.5 Å². The Kier molecular flexibility index (Phi) is 8.41. The molecule has 1 aromatic carbocycles. The Balaban J connectivity index is 0.972. The molecule has 2 aliphatic rings. The summed E-state index contributed by atoms with van der Waals surface area (Å²) in [6.07, 6.45) is 12.8. The fraction of sp³-hybridized carbons (Fsp3) is 0.367. The molecule has 1 saturated carbocycles. The van der Waals surface area contributed by atoms with Crippen molar-refractivity contribution in [2.75, 3.05) is 25.2 Å². The molecule has 1 atom stereocenters. The lowest BCUT2D eigenvalue weighted by Gasteiger charge is -2.23. The van der Waals surface area contributed by atoms with Gasteiger partial charge in [0.2, 0.25) is 5.89 Å². The van der Waals surface area contributed by atoms with Crippen molar-refractivity contribution in [2.45, 2.75) is 51.0 Å². The Bertz CT molecular complexity index is 1570. The molecule has 4 heterocycles. The van der Waals surface area contributed by atoms with Gasteiger partial charge in [-0.15, -0.1) is 0 Å². The molecule has 12 nitrogen and oxygen atoms in total. The Morgan fingerprint density at radius 1 is 1.12 bits per heavy atom. The van der Waals surface area contributed by atoms with E-state index in [1.807, 2.05) is 42.0 Å². The van der Waals surface area contributed by atoms with E-state index in [0.717, 1.165) is 41.1 Å². The van der Waals surface area contributed by atoms with Crippen LogP contribution in [0, 0.1) is 0 Å². The van der Waals surface area contributed by atoms with E-state index in [2.05, 4.69) is 36.4 Å². The highest BCUT2D eigenvalue weighted by molar-refractivity contribution is 5.89. The first-order valence-corrected chi connectivity index (χ1v) is 14.3. The summed E-state index contributed by atoms with van der Waals surface area (Å²) in [6, 6.07) is 10.6. The summed E-state index contributed by atoms with van der Waals surface area (Å²) in [4.78, 5) is 21.0. The molecule has 1 unspecified atom stereocenters. The molecular formula is C30H34N8O4. The monoisotopic (exact) mass is 570 g/mol. The van der Waals surface area contributed by atoms with Crippen LogP contribution < -0.4 is 16.2 Å². The maximum Gasteiger partial charge on any atom is 0.338 e. The third-order valence-electron chi connectivity index (χ3n) is 7.45. The van der Waals surface area contributed by atoms with E-state index in [4.69, 9.17) is 14.0 Å². The summed E-state index contributed by atoms with van der Waals surface area (Å²) < 4.78 is 18.2. The Morgan fingerprint density at radius 2 is 1.98 bits per heavy atom. The number of hydrogen-bond acceptors (Lipinski definition) is 11. The number of hydrazine groups is 1. The third kappa shape index (κ3) is 6.28. The maximum atomic E-state index is 12.0. The van der Waals surface area contributed by atoms with Gasteiger partial charge < -0.3 is 19.3 Å². The van der Waals surface area contributed by atoms with Crippen LogP contribution >= 0.6 is 0 Å². The topological polar surface area (TPSA) is 141 Å². The van der Waals surface area contributed by atoms with Crippen LogP contribution in [0.4, 0.5) is 5.69 Å². The minimum absolute atomic E-state index is 0.173. The number of hydrogen-bond donors (Lipinski definition) is 3. The highest BCUT2D eigenvalue weighted by Crippen LogP contribution is 2.37. The fourth-order valence-electron chi connectivity index (χ4n) is 5.34. The van der Waals surface area contributed by atoms with Crippen molar-refractivity contribution in [2.24, 2.45) is 0 Å². The van der Waals surface area contributed by atoms with Crippen LogP contribution in [0.2, 0.25) is 0 Å². The van der Waals surface area contributed by atoms with Gasteiger partial charge in [0.05, 0.1) is 54.7 Å². The number of carbonyl (C=O) groups is 1. The highest BCUT2D eigenvalue weighted by Gasteiger charge is 2.25. The molecule has 4 aromatic rings. The van der Waals surface area contributed by atoms with Gasteiger partial charge >= 0.3 is 5.97 Å². The van der Waals surface area contributed by atoms with Gasteiger partial charge in [0.15, 0.2) is 11.5 Å². The zero-order valence-corrected chi connectivity index (χ0v) is 23.5. The molecule has 3 N–H and O–H groups in total. The average molecular weight is 571 g/mol. The average Bonchev–Trinajstić information content (AvgIpc) is 3.81.